The summed E-state index contributed by atoms with van der Waals surface area (Å²) in [7, 11) is -4.08. The van der Waals surface area contributed by atoms with Crippen LogP contribution in [0.1, 0.15) is 65.8 Å². The first kappa shape index (κ1) is 37.0. The summed E-state index contributed by atoms with van der Waals surface area (Å²) in [5.74, 6) is -0.479. The molecule has 4 rings (SSSR count). The number of sulfonamides is 1. The maximum atomic E-state index is 13.6. The number of ether oxygens (including phenoxy) is 2. The van der Waals surface area contributed by atoms with Crippen molar-refractivity contribution in [3.63, 3.8) is 0 Å². The third-order valence-corrected chi connectivity index (χ3v) is 8.83. The smallest absolute Gasteiger partial charge is 0.416 e. The van der Waals surface area contributed by atoms with Gasteiger partial charge < -0.3 is 14.6 Å². The first-order valence-corrected chi connectivity index (χ1v) is 17.4. The van der Waals surface area contributed by atoms with Gasteiger partial charge in [0.1, 0.15) is 28.1 Å². The lowest BCUT2D eigenvalue weighted by Crippen LogP contribution is -2.54. The lowest BCUT2D eigenvalue weighted by atomic mass is 9.85. The standard InChI is InChI=1S/C37H44N4O7S/c1-8-47-28-13-9-12-27(23-28)26-19-17-25(18-20-26)22-31(40-49(45,46)29-14-11-21-38-24-29)30-15-10-16-32(39-30)41(35(44)48-37(5,6)7)33(34(42)43)36(2,3)4/h9-21,23-24,31,33,40H,8,22H2,1-7H3,(H,42,43). The molecule has 11 nitrogen and oxygen atoms in total. The number of carbonyl (C=O) groups excluding carboxylic acids is 1. The van der Waals surface area contributed by atoms with E-state index in [4.69, 9.17) is 14.5 Å². The van der Waals surface area contributed by atoms with Crippen molar-refractivity contribution in [2.45, 2.75) is 77.5 Å². The van der Waals surface area contributed by atoms with Crippen LogP contribution < -0.4 is 14.4 Å². The Morgan fingerprint density at radius 1 is 0.918 bits per heavy atom. The molecule has 0 aliphatic rings. The van der Waals surface area contributed by atoms with Gasteiger partial charge in [0.15, 0.2) is 0 Å². The number of benzene rings is 2. The quantitative estimate of drug-likeness (QED) is 0.160. The van der Waals surface area contributed by atoms with Gasteiger partial charge in [0.05, 0.1) is 18.3 Å². The van der Waals surface area contributed by atoms with Gasteiger partial charge in [-0.2, -0.15) is 0 Å². The summed E-state index contributed by atoms with van der Waals surface area (Å²) in [4.78, 5) is 35.9. The summed E-state index contributed by atoms with van der Waals surface area (Å²) in [6.45, 7) is 12.6. The average Bonchev–Trinajstić information content (AvgIpc) is 3.02. The number of aromatic nitrogens is 2. The molecule has 2 N–H and O–H groups in total. The highest BCUT2D eigenvalue weighted by atomic mass is 32.2. The SMILES string of the molecule is CCOc1cccc(-c2ccc(CC(NS(=O)(=O)c3cccnc3)c3cccc(N(C(=O)OC(C)(C)C)C(C(=O)O)C(C)(C)C)n3)cc2)c1. The minimum absolute atomic E-state index is 0.00387. The van der Waals surface area contributed by atoms with Crippen molar-refractivity contribution in [2.24, 2.45) is 5.41 Å². The van der Waals surface area contributed by atoms with E-state index < -0.39 is 45.2 Å². The predicted octanol–water partition coefficient (Wildman–Crippen LogP) is 7.05. The molecule has 2 atom stereocenters. The Kier molecular flexibility index (Phi) is 11.5. The van der Waals surface area contributed by atoms with Crippen LogP contribution in [0.4, 0.5) is 10.6 Å². The Labute approximate surface area is 288 Å². The van der Waals surface area contributed by atoms with Crippen molar-refractivity contribution in [1.29, 1.82) is 0 Å². The molecular formula is C37H44N4O7S. The Bertz CT molecular complexity index is 1850. The van der Waals surface area contributed by atoms with E-state index in [1.165, 1.54) is 30.6 Å². The van der Waals surface area contributed by atoms with Gasteiger partial charge >= 0.3 is 12.1 Å². The largest absolute Gasteiger partial charge is 0.494 e. The molecule has 12 heteroatoms. The van der Waals surface area contributed by atoms with Gasteiger partial charge in [-0.15, -0.1) is 0 Å². The number of rotatable bonds is 12. The number of anilines is 1. The fraction of sp³-hybridized carbons (Fsp3) is 0.351. The number of pyridine rings is 2. The number of carbonyl (C=O) groups is 2. The van der Waals surface area contributed by atoms with Crippen molar-refractivity contribution < 1.29 is 32.6 Å². The van der Waals surface area contributed by atoms with Gasteiger partial charge in [-0.25, -0.2) is 32.6 Å². The van der Waals surface area contributed by atoms with Gasteiger partial charge in [0.2, 0.25) is 10.0 Å². The molecule has 4 aromatic rings. The van der Waals surface area contributed by atoms with E-state index >= 15 is 0 Å². The van der Waals surface area contributed by atoms with Crippen LogP contribution in [0, 0.1) is 5.41 Å². The second-order valence-electron chi connectivity index (χ2n) is 13.6. The van der Waals surface area contributed by atoms with Crippen molar-refractivity contribution in [1.82, 2.24) is 14.7 Å². The maximum Gasteiger partial charge on any atom is 0.416 e. The molecule has 0 aliphatic heterocycles. The molecule has 0 fully saturated rings. The lowest BCUT2D eigenvalue weighted by Gasteiger charge is -2.37. The highest BCUT2D eigenvalue weighted by Gasteiger charge is 2.43. The molecule has 2 heterocycles. The Morgan fingerprint density at radius 2 is 1.61 bits per heavy atom. The number of hydrogen-bond acceptors (Lipinski definition) is 8. The summed E-state index contributed by atoms with van der Waals surface area (Å²) in [6, 6.07) is 20.9. The van der Waals surface area contributed by atoms with E-state index in [2.05, 4.69) is 9.71 Å². The first-order valence-electron chi connectivity index (χ1n) is 15.9. The zero-order valence-electron chi connectivity index (χ0n) is 28.9. The Balaban J connectivity index is 1.78. The normalized spacial score (nSPS) is 13.3. The number of carboxylic acids is 1. The van der Waals surface area contributed by atoms with Gasteiger partial charge in [0, 0.05) is 12.4 Å². The van der Waals surface area contributed by atoms with Gasteiger partial charge in [-0.1, -0.05) is 63.2 Å². The molecule has 260 valence electrons. The van der Waals surface area contributed by atoms with Crippen LogP contribution in [0.15, 0.2) is 96.2 Å². The number of hydrogen-bond donors (Lipinski definition) is 2. The highest BCUT2D eigenvalue weighted by molar-refractivity contribution is 7.89. The molecule has 0 saturated carbocycles. The number of nitrogens with zero attached hydrogens (tertiary/aromatic N) is 3. The van der Waals surface area contributed by atoms with Crippen LogP contribution in [0.3, 0.4) is 0 Å². The molecule has 2 aromatic carbocycles. The third kappa shape index (κ3) is 9.86. The van der Waals surface area contributed by atoms with Crippen LogP contribution >= 0.6 is 0 Å². The van der Waals surface area contributed by atoms with Crippen LogP contribution in [-0.2, 0) is 26.0 Å². The van der Waals surface area contributed by atoms with Crippen LogP contribution in [0.25, 0.3) is 11.1 Å². The van der Waals surface area contributed by atoms with Gasteiger partial charge in [-0.05, 0) is 92.6 Å². The third-order valence-electron chi connectivity index (χ3n) is 7.38. The molecule has 1 amide bonds. The van der Waals surface area contributed by atoms with E-state index in [0.29, 0.717) is 6.61 Å². The summed E-state index contributed by atoms with van der Waals surface area (Å²) in [5.41, 5.74) is 1.14. The molecule has 49 heavy (non-hydrogen) atoms. The van der Waals surface area contributed by atoms with E-state index in [-0.39, 0.29) is 22.8 Å². The van der Waals surface area contributed by atoms with E-state index in [9.17, 15) is 23.1 Å². The molecule has 0 spiro atoms. The zero-order chi connectivity index (χ0) is 36.0. The predicted molar refractivity (Wildman–Crippen MR) is 188 cm³/mol. The van der Waals surface area contributed by atoms with Gasteiger partial charge in [-0.3, -0.25) is 4.98 Å². The summed E-state index contributed by atoms with van der Waals surface area (Å²) >= 11 is 0. The van der Waals surface area contributed by atoms with Gasteiger partial charge in [0.25, 0.3) is 0 Å². The van der Waals surface area contributed by atoms with Crippen molar-refractivity contribution in [3.05, 3.63) is 103 Å². The highest BCUT2D eigenvalue weighted by Crippen LogP contribution is 2.32. The van der Waals surface area contributed by atoms with Crippen LogP contribution in [0.2, 0.25) is 0 Å². The molecule has 2 aromatic heterocycles. The van der Waals surface area contributed by atoms with Crippen molar-refractivity contribution in [2.75, 3.05) is 11.5 Å². The topological polar surface area (TPSA) is 148 Å². The monoisotopic (exact) mass is 688 g/mol. The second kappa shape index (κ2) is 15.2. The number of carboxylic acid groups (broad SMARTS) is 1. The average molecular weight is 689 g/mol. The number of aliphatic carboxylic acids is 1. The van der Waals surface area contributed by atoms with Crippen molar-refractivity contribution >= 4 is 27.9 Å². The fourth-order valence-corrected chi connectivity index (χ4v) is 6.42. The van der Waals surface area contributed by atoms with E-state index in [1.807, 2.05) is 55.5 Å². The first-order chi connectivity index (χ1) is 23.0. The van der Waals surface area contributed by atoms with E-state index in [1.54, 1.807) is 53.7 Å². The molecule has 0 radical (unpaired) electrons. The van der Waals surface area contributed by atoms with Crippen LogP contribution in [0.5, 0.6) is 5.75 Å². The second-order valence-corrected chi connectivity index (χ2v) is 15.3. The lowest BCUT2D eigenvalue weighted by molar-refractivity contribution is -0.141. The molecule has 2 unspecified atom stereocenters. The molecule has 0 bridgehead atoms. The molecule has 0 saturated heterocycles. The minimum atomic E-state index is -4.08. The molecule has 0 aliphatic carbocycles. The van der Waals surface area contributed by atoms with E-state index in [0.717, 1.165) is 27.3 Å². The zero-order valence-corrected chi connectivity index (χ0v) is 29.7. The number of amides is 1. The summed E-state index contributed by atoms with van der Waals surface area (Å²) < 4.78 is 41.2. The fourth-order valence-electron chi connectivity index (χ4n) is 5.25. The summed E-state index contributed by atoms with van der Waals surface area (Å²) in [6.07, 6.45) is 2.02. The minimum Gasteiger partial charge on any atom is -0.494 e. The Morgan fingerprint density at radius 3 is 2.20 bits per heavy atom. The van der Waals surface area contributed by atoms with Crippen LogP contribution in [-0.4, -0.2) is 53.8 Å². The summed E-state index contributed by atoms with van der Waals surface area (Å²) in [5, 5.41) is 10.3. The number of nitrogens with one attached hydrogen (secondary N) is 1. The Hall–Kier alpha value is -4.81. The van der Waals surface area contributed by atoms with Crippen molar-refractivity contribution in [3.8, 4) is 16.9 Å². The molecular weight excluding hydrogens is 644 g/mol. The maximum absolute atomic E-state index is 13.6.